The molecule has 0 aliphatic heterocycles. The van der Waals surface area contributed by atoms with Crippen LogP contribution in [-0.4, -0.2) is 22.2 Å². The molecule has 1 heterocycles. The number of ether oxygens (including phenoxy) is 1. The van der Waals surface area contributed by atoms with E-state index in [2.05, 4.69) is 32.6 Å². The summed E-state index contributed by atoms with van der Waals surface area (Å²) in [7, 11) is 1.54. The fourth-order valence-electron chi connectivity index (χ4n) is 1.64. The third-order valence-electron chi connectivity index (χ3n) is 2.64. The Morgan fingerprint density at radius 1 is 1.37 bits per heavy atom. The summed E-state index contributed by atoms with van der Waals surface area (Å²) >= 11 is 8.19. The van der Waals surface area contributed by atoms with Gasteiger partial charge in [0.2, 0.25) is 5.88 Å². The molecule has 1 aromatic carbocycles. The average molecular weight is 391 g/mol. The second-order valence-electron chi connectivity index (χ2n) is 3.95. The Balaban J connectivity index is 2.15. The summed E-state index contributed by atoms with van der Waals surface area (Å²) in [4.78, 5) is 8.03. The lowest BCUT2D eigenvalue weighted by Crippen LogP contribution is -2.04. The van der Waals surface area contributed by atoms with Gasteiger partial charge in [-0.2, -0.15) is 0 Å². The van der Waals surface area contributed by atoms with Crippen LogP contribution in [0.15, 0.2) is 30.6 Å². The van der Waals surface area contributed by atoms with Gasteiger partial charge in [-0.15, -0.1) is 0 Å². The van der Waals surface area contributed by atoms with Gasteiger partial charge in [-0.25, -0.2) is 9.97 Å². The number of methoxy groups -OCH3 is 1. The average Bonchev–Trinajstić information content (AvgIpc) is 2.42. The van der Waals surface area contributed by atoms with Crippen LogP contribution in [0.4, 0.5) is 0 Å². The fraction of sp³-hybridized carbons (Fsp3) is 0.231. The molecule has 2 rings (SSSR count). The van der Waals surface area contributed by atoms with Crippen molar-refractivity contribution in [3.05, 3.63) is 50.4 Å². The van der Waals surface area contributed by atoms with Crippen molar-refractivity contribution in [2.75, 3.05) is 7.11 Å². The van der Waals surface area contributed by atoms with Crippen molar-refractivity contribution in [3.8, 4) is 5.88 Å². The molecule has 1 N–H and O–H groups in total. The maximum atomic E-state index is 10.2. The minimum absolute atomic E-state index is 0.385. The molecule has 0 aliphatic rings. The maximum absolute atomic E-state index is 10.2. The molecule has 0 spiro atoms. The first-order valence-corrected chi connectivity index (χ1v) is 7.03. The van der Waals surface area contributed by atoms with Crippen LogP contribution in [0, 0.1) is 3.57 Å². The SMILES string of the molecule is COc1cc(CC(O)c2ccc(I)c(Cl)c2)ncn1. The van der Waals surface area contributed by atoms with Gasteiger partial charge in [0, 0.05) is 16.1 Å². The highest BCUT2D eigenvalue weighted by Gasteiger charge is 2.12. The molecule has 1 atom stereocenters. The molecule has 2 aromatic rings. The third-order valence-corrected chi connectivity index (χ3v) is 4.21. The van der Waals surface area contributed by atoms with E-state index in [-0.39, 0.29) is 0 Å². The Morgan fingerprint density at radius 2 is 2.16 bits per heavy atom. The molecule has 1 aromatic heterocycles. The monoisotopic (exact) mass is 390 g/mol. The van der Waals surface area contributed by atoms with Crippen molar-refractivity contribution >= 4 is 34.2 Å². The Bertz CT molecular complexity index is 580. The number of aliphatic hydroxyl groups is 1. The lowest BCUT2D eigenvalue weighted by Gasteiger charge is -2.11. The minimum Gasteiger partial charge on any atom is -0.481 e. The molecule has 4 nitrogen and oxygen atoms in total. The van der Waals surface area contributed by atoms with E-state index in [0.29, 0.717) is 23.0 Å². The number of hydrogen-bond donors (Lipinski definition) is 1. The Kier molecular flexibility index (Phi) is 4.95. The summed E-state index contributed by atoms with van der Waals surface area (Å²) in [6, 6.07) is 7.21. The van der Waals surface area contributed by atoms with E-state index in [1.54, 1.807) is 19.2 Å². The topological polar surface area (TPSA) is 55.2 Å². The first kappa shape index (κ1) is 14.5. The van der Waals surface area contributed by atoms with Gasteiger partial charge in [0.25, 0.3) is 0 Å². The summed E-state index contributed by atoms with van der Waals surface area (Å²) < 4.78 is 5.98. The normalized spacial score (nSPS) is 12.2. The highest BCUT2D eigenvalue weighted by molar-refractivity contribution is 14.1. The molecule has 1 unspecified atom stereocenters. The summed E-state index contributed by atoms with van der Waals surface area (Å²) in [5.41, 5.74) is 1.48. The first-order valence-electron chi connectivity index (χ1n) is 5.58. The van der Waals surface area contributed by atoms with E-state index in [1.807, 2.05) is 12.1 Å². The van der Waals surface area contributed by atoms with Gasteiger partial charge < -0.3 is 9.84 Å². The zero-order chi connectivity index (χ0) is 13.8. The molecule has 0 fully saturated rings. The highest BCUT2D eigenvalue weighted by atomic mass is 127. The number of aromatic nitrogens is 2. The number of rotatable bonds is 4. The number of halogens is 2. The highest BCUT2D eigenvalue weighted by Crippen LogP contribution is 2.25. The van der Waals surface area contributed by atoms with E-state index in [4.69, 9.17) is 16.3 Å². The van der Waals surface area contributed by atoms with E-state index < -0.39 is 6.10 Å². The smallest absolute Gasteiger partial charge is 0.216 e. The van der Waals surface area contributed by atoms with Gasteiger partial charge >= 0.3 is 0 Å². The van der Waals surface area contributed by atoms with E-state index in [1.165, 1.54) is 6.33 Å². The molecule has 0 aliphatic carbocycles. The van der Waals surface area contributed by atoms with E-state index in [9.17, 15) is 5.11 Å². The predicted molar refractivity (Wildman–Crippen MR) is 81.4 cm³/mol. The summed E-state index contributed by atoms with van der Waals surface area (Å²) in [5, 5.41) is 10.8. The van der Waals surface area contributed by atoms with Crippen LogP contribution >= 0.6 is 34.2 Å². The molecule has 0 saturated carbocycles. The van der Waals surface area contributed by atoms with Crippen molar-refractivity contribution < 1.29 is 9.84 Å². The van der Waals surface area contributed by atoms with Crippen molar-refractivity contribution in [2.45, 2.75) is 12.5 Å². The van der Waals surface area contributed by atoms with Crippen LogP contribution in [-0.2, 0) is 6.42 Å². The molecule has 100 valence electrons. The molecule has 6 heteroatoms. The van der Waals surface area contributed by atoms with Gasteiger partial charge in [0.05, 0.1) is 23.9 Å². The molecule has 0 amide bonds. The fourth-order valence-corrected chi connectivity index (χ4v) is 2.16. The summed E-state index contributed by atoms with van der Waals surface area (Å²) in [6.07, 6.45) is 1.14. The van der Waals surface area contributed by atoms with Crippen LogP contribution in [0.3, 0.4) is 0 Å². The second-order valence-corrected chi connectivity index (χ2v) is 5.51. The largest absolute Gasteiger partial charge is 0.481 e. The van der Waals surface area contributed by atoms with Crippen molar-refractivity contribution in [1.29, 1.82) is 0 Å². The third kappa shape index (κ3) is 3.77. The van der Waals surface area contributed by atoms with Crippen molar-refractivity contribution in [1.82, 2.24) is 9.97 Å². The maximum Gasteiger partial charge on any atom is 0.216 e. The molecule has 19 heavy (non-hydrogen) atoms. The van der Waals surface area contributed by atoms with Crippen LogP contribution in [0.5, 0.6) is 5.88 Å². The lowest BCUT2D eigenvalue weighted by atomic mass is 10.1. The quantitative estimate of drug-likeness (QED) is 0.816. The molecule has 0 radical (unpaired) electrons. The molecule has 0 saturated heterocycles. The molecular formula is C13H12ClIN2O2. The second kappa shape index (κ2) is 6.49. The standard InChI is InChI=1S/C13H12ClIN2O2/c1-19-13-6-9(16-7-17-13)5-12(18)8-2-3-11(15)10(14)4-8/h2-4,6-7,12,18H,5H2,1H3. The number of benzene rings is 1. The van der Waals surface area contributed by atoms with Crippen LogP contribution < -0.4 is 4.74 Å². The van der Waals surface area contributed by atoms with Gasteiger partial charge in [-0.3, -0.25) is 0 Å². The lowest BCUT2D eigenvalue weighted by molar-refractivity contribution is 0.177. The van der Waals surface area contributed by atoms with E-state index >= 15 is 0 Å². The van der Waals surface area contributed by atoms with Crippen LogP contribution in [0.25, 0.3) is 0 Å². The van der Waals surface area contributed by atoms with E-state index in [0.717, 1.165) is 9.13 Å². The summed E-state index contributed by atoms with van der Waals surface area (Å²) in [6.45, 7) is 0. The predicted octanol–water partition coefficient (Wildman–Crippen LogP) is 3.02. The van der Waals surface area contributed by atoms with Crippen LogP contribution in [0.1, 0.15) is 17.4 Å². The molecular weight excluding hydrogens is 379 g/mol. The van der Waals surface area contributed by atoms with Gasteiger partial charge in [0.15, 0.2) is 0 Å². The minimum atomic E-state index is -0.658. The number of nitrogens with zero attached hydrogens (tertiary/aromatic N) is 2. The van der Waals surface area contributed by atoms with Crippen molar-refractivity contribution in [3.63, 3.8) is 0 Å². The zero-order valence-electron chi connectivity index (χ0n) is 10.2. The first-order chi connectivity index (χ1) is 9.10. The van der Waals surface area contributed by atoms with Gasteiger partial charge in [-0.1, -0.05) is 17.7 Å². The number of hydrogen-bond acceptors (Lipinski definition) is 4. The zero-order valence-corrected chi connectivity index (χ0v) is 13.1. The van der Waals surface area contributed by atoms with Gasteiger partial charge in [-0.05, 0) is 40.3 Å². The Morgan fingerprint density at radius 3 is 2.84 bits per heavy atom. The number of aliphatic hydroxyl groups excluding tert-OH is 1. The van der Waals surface area contributed by atoms with Gasteiger partial charge in [0.1, 0.15) is 6.33 Å². The van der Waals surface area contributed by atoms with Crippen molar-refractivity contribution in [2.24, 2.45) is 0 Å². The Hall–Kier alpha value is -0.920. The van der Waals surface area contributed by atoms with Crippen LogP contribution in [0.2, 0.25) is 5.02 Å². The Labute approximate surface area is 129 Å². The summed E-state index contributed by atoms with van der Waals surface area (Å²) in [5.74, 6) is 0.484. The molecule has 0 bridgehead atoms.